The number of hydrogen-bond acceptors (Lipinski definition) is 5. The van der Waals surface area contributed by atoms with Crippen LogP contribution >= 0.6 is 0 Å². The standard InChI is InChI=1S/C26H23F3N4O4/c1-3-5-12-33-21-18(24(35)32-13-7-6-11-20(32)30-21)15-19(25(36)37-4-2)22(33)31-23(34)16-9-8-10-17(14-16)26(27,28)29/h6-11,13-15H,3-5,12H2,1-2H3. The molecule has 4 aromatic rings. The number of nitrogens with zero attached hydrogens (tertiary/aromatic N) is 4. The smallest absolute Gasteiger partial charge is 0.416 e. The molecule has 3 aromatic heterocycles. The van der Waals surface area contributed by atoms with Crippen LogP contribution in [0, 0.1) is 0 Å². The van der Waals surface area contributed by atoms with Gasteiger partial charge in [0.1, 0.15) is 16.9 Å². The van der Waals surface area contributed by atoms with E-state index in [1.54, 1.807) is 31.3 Å². The summed E-state index contributed by atoms with van der Waals surface area (Å²) in [5.74, 6) is -1.82. The zero-order valence-electron chi connectivity index (χ0n) is 20.1. The number of alkyl halides is 3. The molecule has 1 aromatic carbocycles. The van der Waals surface area contributed by atoms with Gasteiger partial charge in [0.15, 0.2) is 5.49 Å². The van der Waals surface area contributed by atoms with Gasteiger partial charge >= 0.3 is 12.1 Å². The first-order valence-electron chi connectivity index (χ1n) is 11.6. The van der Waals surface area contributed by atoms with Crippen molar-refractivity contribution >= 4 is 28.6 Å². The van der Waals surface area contributed by atoms with E-state index in [1.807, 2.05) is 6.92 Å². The first-order chi connectivity index (χ1) is 17.7. The Morgan fingerprint density at radius 2 is 1.86 bits per heavy atom. The summed E-state index contributed by atoms with van der Waals surface area (Å²) in [5.41, 5.74) is -1.53. The van der Waals surface area contributed by atoms with Crippen molar-refractivity contribution in [2.45, 2.75) is 39.4 Å². The van der Waals surface area contributed by atoms with Gasteiger partial charge in [-0.2, -0.15) is 18.2 Å². The molecule has 4 rings (SSSR count). The van der Waals surface area contributed by atoms with E-state index < -0.39 is 29.2 Å². The number of rotatable bonds is 6. The van der Waals surface area contributed by atoms with Gasteiger partial charge in [-0.1, -0.05) is 25.5 Å². The number of ether oxygens (including phenoxy) is 1. The van der Waals surface area contributed by atoms with Crippen molar-refractivity contribution in [2.24, 2.45) is 4.99 Å². The van der Waals surface area contributed by atoms with Crippen LogP contribution in [0.3, 0.4) is 0 Å². The second kappa shape index (κ2) is 10.4. The highest BCUT2D eigenvalue weighted by Gasteiger charge is 2.31. The Morgan fingerprint density at radius 1 is 1.08 bits per heavy atom. The molecule has 192 valence electrons. The molecule has 11 heteroatoms. The maximum atomic E-state index is 13.3. The molecule has 0 aliphatic rings. The molecule has 0 saturated heterocycles. The largest absolute Gasteiger partial charge is 0.462 e. The minimum absolute atomic E-state index is 0.0157. The van der Waals surface area contributed by atoms with Gasteiger partial charge in [-0.15, -0.1) is 0 Å². The Kier molecular flexibility index (Phi) is 7.23. The highest BCUT2D eigenvalue weighted by molar-refractivity contribution is 5.97. The SMILES string of the molecule is CCCCn1c(=NC(=O)c2cccc(C(F)(F)F)c2)c(C(=O)OCC)cc2c(=O)n3ccccc3nc21. The number of fused-ring (bicyclic) bond motifs is 2. The molecule has 0 saturated carbocycles. The highest BCUT2D eigenvalue weighted by Crippen LogP contribution is 2.29. The van der Waals surface area contributed by atoms with Crippen LogP contribution in [0.1, 0.15) is 53.0 Å². The van der Waals surface area contributed by atoms with Crippen molar-refractivity contribution in [3.63, 3.8) is 0 Å². The zero-order valence-corrected chi connectivity index (χ0v) is 20.1. The van der Waals surface area contributed by atoms with Crippen molar-refractivity contribution in [2.75, 3.05) is 6.61 Å². The summed E-state index contributed by atoms with van der Waals surface area (Å²) in [5, 5.41) is 0.105. The number of aromatic nitrogens is 3. The Balaban J connectivity index is 2.07. The monoisotopic (exact) mass is 512 g/mol. The Bertz CT molecular complexity index is 1640. The second-order valence-corrected chi connectivity index (χ2v) is 8.19. The second-order valence-electron chi connectivity index (χ2n) is 8.19. The molecule has 1 amide bonds. The molecule has 0 unspecified atom stereocenters. The molecular weight excluding hydrogens is 489 g/mol. The third-order valence-corrected chi connectivity index (χ3v) is 5.66. The van der Waals surface area contributed by atoms with Gasteiger partial charge in [0.05, 0.1) is 17.6 Å². The number of benzene rings is 1. The molecule has 3 heterocycles. The molecule has 0 aliphatic carbocycles. The molecule has 0 radical (unpaired) electrons. The van der Waals surface area contributed by atoms with Crippen LogP contribution in [0.25, 0.3) is 16.7 Å². The fourth-order valence-electron chi connectivity index (χ4n) is 3.87. The average molecular weight is 512 g/mol. The van der Waals surface area contributed by atoms with Crippen molar-refractivity contribution < 1.29 is 27.5 Å². The van der Waals surface area contributed by atoms with Crippen LogP contribution in [0.15, 0.2) is 64.5 Å². The molecule has 0 spiro atoms. The van der Waals surface area contributed by atoms with E-state index in [2.05, 4.69) is 9.98 Å². The third-order valence-electron chi connectivity index (χ3n) is 5.66. The molecule has 0 N–H and O–H groups in total. The van der Waals surface area contributed by atoms with E-state index in [0.29, 0.717) is 18.1 Å². The lowest BCUT2D eigenvalue weighted by Gasteiger charge is -2.15. The van der Waals surface area contributed by atoms with E-state index in [4.69, 9.17) is 4.74 Å². The molecule has 0 fully saturated rings. The van der Waals surface area contributed by atoms with Crippen LogP contribution in [0.4, 0.5) is 13.2 Å². The summed E-state index contributed by atoms with van der Waals surface area (Å²) in [6.45, 7) is 3.78. The number of aryl methyl sites for hydroxylation is 1. The number of esters is 1. The fraction of sp³-hybridized carbons (Fsp3) is 0.269. The lowest BCUT2D eigenvalue weighted by Crippen LogP contribution is -2.33. The summed E-state index contributed by atoms with van der Waals surface area (Å²) in [4.78, 5) is 48.0. The first kappa shape index (κ1) is 25.8. The number of carbonyl (C=O) groups is 2. The normalized spacial score (nSPS) is 12.3. The lowest BCUT2D eigenvalue weighted by atomic mass is 10.1. The lowest BCUT2D eigenvalue weighted by molar-refractivity contribution is -0.137. The van der Waals surface area contributed by atoms with Gasteiger partial charge in [0.2, 0.25) is 0 Å². The molecule has 8 nitrogen and oxygen atoms in total. The van der Waals surface area contributed by atoms with Crippen LogP contribution in [0.5, 0.6) is 0 Å². The topological polar surface area (TPSA) is 95.0 Å². The van der Waals surface area contributed by atoms with Crippen LogP contribution in [-0.2, 0) is 17.5 Å². The summed E-state index contributed by atoms with van der Waals surface area (Å²) in [6.07, 6.45) is -1.79. The maximum Gasteiger partial charge on any atom is 0.416 e. The number of unbranched alkanes of at least 4 members (excludes halogenated alkanes) is 1. The van der Waals surface area contributed by atoms with Crippen molar-refractivity contribution in [3.05, 3.63) is 87.3 Å². The first-order valence-corrected chi connectivity index (χ1v) is 11.6. The maximum absolute atomic E-state index is 13.3. The van der Waals surface area contributed by atoms with Gasteiger partial charge < -0.3 is 9.30 Å². The summed E-state index contributed by atoms with van der Waals surface area (Å²) >= 11 is 0. The minimum atomic E-state index is -4.65. The fourth-order valence-corrected chi connectivity index (χ4v) is 3.87. The van der Waals surface area contributed by atoms with Crippen LogP contribution in [0.2, 0.25) is 0 Å². The third kappa shape index (κ3) is 5.16. The van der Waals surface area contributed by atoms with Gasteiger partial charge in [-0.05, 0) is 49.7 Å². The van der Waals surface area contributed by atoms with Crippen LogP contribution < -0.4 is 11.0 Å². The predicted octanol–water partition coefficient (Wildman–Crippen LogP) is 4.39. The number of hydrogen-bond donors (Lipinski definition) is 0. The van der Waals surface area contributed by atoms with Crippen LogP contribution in [-0.4, -0.2) is 32.4 Å². The quantitative estimate of drug-likeness (QED) is 0.282. The minimum Gasteiger partial charge on any atom is -0.462 e. The molecule has 37 heavy (non-hydrogen) atoms. The predicted molar refractivity (Wildman–Crippen MR) is 129 cm³/mol. The van der Waals surface area contributed by atoms with Gasteiger partial charge in [0.25, 0.3) is 11.5 Å². The molecular formula is C26H23F3N4O4. The van der Waals surface area contributed by atoms with E-state index in [0.717, 1.165) is 18.6 Å². The summed E-state index contributed by atoms with van der Waals surface area (Å²) < 4.78 is 47.6. The highest BCUT2D eigenvalue weighted by atomic mass is 19.4. The van der Waals surface area contributed by atoms with Crippen molar-refractivity contribution in [3.8, 4) is 0 Å². The Hall–Kier alpha value is -4.28. The average Bonchev–Trinajstić information content (AvgIpc) is 2.87. The van der Waals surface area contributed by atoms with E-state index in [1.165, 1.54) is 21.1 Å². The van der Waals surface area contributed by atoms with E-state index in [9.17, 15) is 27.6 Å². The van der Waals surface area contributed by atoms with Gasteiger partial charge in [-0.25, -0.2) is 9.78 Å². The van der Waals surface area contributed by atoms with Crippen molar-refractivity contribution in [1.29, 1.82) is 0 Å². The number of halogens is 3. The molecule has 0 atom stereocenters. The summed E-state index contributed by atoms with van der Waals surface area (Å²) in [7, 11) is 0. The zero-order chi connectivity index (χ0) is 26.7. The van der Waals surface area contributed by atoms with Gasteiger partial charge in [-0.3, -0.25) is 14.0 Å². The molecule has 0 bridgehead atoms. The van der Waals surface area contributed by atoms with Crippen molar-refractivity contribution in [1.82, 2.24) is 14.0 Å². The molecule has 0 aliphatic heterocycles. The number of amides is 1. The Morgan fingerprint density at radius 3 is 2.57 bits per heavy atom. The van der Waals surface area contributed by atoms with E-state index in [-0.39, 0.29) is 40.8 Å². The summed E-state index contributed by atoms with van der Waals surface area (Å²) in [6, 6.07) is 10.1. The van der Waals surface area contributed by atoms with Gasteiger partial charge in [0, 0.05) is 18.3 Å². The van der Waals surface area contributed by atoms with E-state index >= 15 is 0 Å². The number of pyridine rings is 2. The Labute approximate surface area is 208 Å². The number of carbonyl (C=O) groups excluding carboxylic acids is 2.